The highest BCUT2D eigenvalue weighted by atomic mass is 19.1. The maximum atomic E-state index is 13.2. The van der Waals surface area contributed by atoms with Gasteiger partial charge in [0.2, 0.25) is 0 Å². The Balaban J connectivity index is 1.98. The van der Waals surface area contributed by atoms with Crippen LogP contribution in [0.5, 0.6) is 0 Å². The lowest BCUT2D eigenvalue weighted by atomic mass is 9.99. The van der Waals surface area contributed by atoms with Gasteiger partial charge < -0.3 is 15.5 Å². The van der Waals surface area contributed by atoms with Crippen LogP contribution in [0.4, 0.5) is 10.1 Å². The predicted molar refractivity (Wildman–Crippen MR) is 127 cm³/mol. The molecule has 0 aliphatic carbocycles. The molecule has 2 rings (SSSR count). The van der Waals surface area contributed by atoms with Gasteiger partial charge in [-0.05, 0) is 70.5 Å². The minimum absolute atomic E-state index is 0.192. The van der Waals surface area contributed by atoms with Crippen molar-refractivity contribution in [3.05, 3.63) is 64.9 Å². The normalized spacial score (nSPS) is 16.7. The van der Waals surface area contributed by atoms with Crippen LogP contribution in [-0.4, -0.2) is 32.9 Å². The molecule has 2 N–H and O–H groups in total. The fourth-order valence-corrected chi connectivity index (χ4v) is 3.95. The molecule has 1 atom stereocenters. The van der Waals surface area contributed by atoms with Crippen LogP contribution in [-0.2, 0) is 0 Å². The summed E-state index contributed by atoms with van der Waals surface area (Å²) in [5.41, 5.74) is 5.38. The smallest absolute Gasteiger partial charge is 0.128 e. The Bertz CT molecular complexity index is 788. The molecule has 4 nitrogen and oxygen atoms in total. The van der Waals surface area contributed by atoms with E-state index in [9.17, 15) is 4.39 Å². The Morgan fingerprint density at radius 2 is 1.90 bits per heavy atom. The summed E-state index contributed by atoms with van der Waals surface area (Å²) in [6.45, 7) is 20.2. The molecular weight excluding hydrogens is 375 g/mol. The quantitative estimate of drug-likeness (QED) is 0.290. The summed E-state index contributed by atoms with van der Waals surface area (Å²) in [7, 11) is 0. The second kappa shape index (κ2) is 11.6. The molecule has 1 aromatic rings. The zero-order valence-electron chi connectivity index (χ0n) is 19.0. The number of hydrogen-bond donors (Lipinski definition) is 2. The first kappa shape index (κ1) is 23.7. The Morgan fingerprint density at radius 3 is 2.50 bits per heavy atom. The number of rotatable bonds is 11. The largest absolute Gasteiger partial charge is 0.385 e. The summed E-state index contributed by atoms with van der Waals surface area (Å²) in [4.78, 5) is 6.53. The maximum Gasteiger partial charge on any atom is 0.128 e. The zero-order chi connectivity index (χ0) is 22.1. The summed E-state index contributed by atoms with van der Waals surface area (Å²) < 4.78 is 13.2. The van der Waals surface area contributed by atoms with Gasteiger partial charge in [-0.3, -0.25) is 0 Å². The summed E-state index contributed by atoms with van der Waals surface area (Å²) in [6.07, 6.45) is 3.34. The van der Waals surface area contributed by atoms with Crippen LogP contribution in [0.25, 0.3) is 0 Å². The lowest BCUT2D eigenvalue weighted by molar-refractivity contribution is 0.553. The summed E-state index contributed by atoms with van der Waals surface area (Å²) in [6, 6.07) is 6.77. The predicted octanol–water partition coefficient (Wildman–Crippen LogP) is 5.41. The van der Waals surface area contributed by atoms with E-state index in [4.69, 9.17) is 0 Å². The molecule has 0 amide bonds. The third-order valence-electron chi connectivity index (χ3n) is 5.59. The molecule has 1 unspecified atom stereocenters. The second-order valence-corrected chi connectivity index (χ2v) is 8.22. The van der Waals surface area contributed by atoms with Crippen molar-refractivity contribution < 1.29 is 4.39 Å². The van der Waals surface area contributed by atoms with Gasteiger partial charge in [-0.25, -0.2) is 9.38 Å². The fourth-order valence-electron chi connectivity index (χ4n) is 3.95. The highest BCUT2D eigenvalue weighted by Crippen LogP contribution is 2.26. The Labute approximate surface area is 181 Å². The van der Waals surface area contributed by atoms with Crippen LogP contribution in [0.1, 0.15) is 47.0 Å². The first-order chi connectivity index (χ1) is 14.4. The number of benzene rings is 1. The fraction of sp³-hybridized carbons (Fsp3) is 0.480. The van der Waals surface area contributed by atoms with Gasteiger partial charge in [0.25, 0.3) is 0 Å². The third-order valence-corrected chi connectivity index (χ3v) is 5.59. The number of hydrogen-bond acceptors (Lipinski definition) is 4. The molecule has 0 aromatic heterocycles. The molecule has 30 heavy (non-hydrogen) atoms. The van der Waals surface area contributed by atoms with E-state index < -0.39 is 0 Å². The Kier molecular flexibility index (Phi) is 9.15. The molecule has 0 spiro atoms. The van der Waals surface area contributed by atoms with Crippen molar-refractivity contribution in [2.75, 3.05) is 31.1 Å². The van der Waals surface area contributed by atoms with Gasteiger partial charge in [-0.1, -0.05) is 25.5 Å². The number of unbranched alkanes of at least 4 members (excludes halogenated alkanes) is 1. The minimum Gasteiger partial charge on any atom is -0.385 e. The summed E-state index contributed by atoms with van der Waals surface area (Å²) in [5, 5.41) is 6.95. The minimum atomic E-state index is -0.192. The van der Waals surface area contributed by atoms with Gasteiger partial charge in [-0.15, -0.1) is 0 Å². The van der Waals surface area contributed by atoms with Crippen molar-refractivity contribution in [3.63, 3.8) is 0 Å². The van der Waals surface area contributed by atoms with Crippen LogP contribution >= 0.6 is 0 Å². The molecule has 5 heteroatoms. The molecule has 1 aliphatic rings. The molecule has 164 valence electrons. The van der Waals surface area contributed by atoms with Crippen molar-refractivity contribution in [3.8, 4) is 0 Å². The number of halogens is 1. The number of aliphatic imine (C=N–C) groups is 1. The summed E-state index contributed by atoms with van der Waals surface area (Å²) in [5.74, 6) is 1.16. The average Bonchev–Trinajstić information content (AvgIpc) is 3.19. The van der Waals surface area contributed by atoms with Crippen molar-refractivity contribution >= 4 is 12.4 Å². The van der Waals surface area contributed by atoms with Gasteiger partial charge >= 0.3 is 0 Å². The maximum absolute atomic E-state index is 13.2. The number of anilines is 1. The number of nitrogens with one attached hydrogen (secondary N) is 2. The molecule has 1 aromatic carbocycles. The second-order valence-electron chi connectivity index (χ2n) is 8.22. The van der Waals surface area contributed by atoms with E-state index in [2.05, 4.69) is 61.5 Å². The van der Waals surface area contributed by atoms with Crippen molar-refractivity contribution in [1.29, 1.82) is 0 Å². The van der Waals surface area contributed by atoms with Gasteiger partial charge in [0.05, 0.1) is 0 Å². The Hall–Kier alpha value is -2.56. The average molecular weight is 413 g/mol. The number of nitrogens with zero attached hydrogens (tertiary/aromatic N) is 2. The van der Waals surface area contributed by atoms with Crippen LogP contribution in [0.3, 0.4) is 0 Å². The third kappa shape index (κ3) is 6.48. The lowest BCUT2D eigenvalue weighted by Crippen LogP contribution is -2.27. The highest BCUT2D eigenvalue weighted by molar-refractivity contribution is 5.49. The van der Waals surface area contributed by atoms with Crippen LogP contribution in [0.15, 0.2) is 64.1 Å². The molecule has 1 heterocycles. The molecule has 0 bridgehead atoms. The van der Waals surface area contributed by atoms with E-state index in [0.717, 1.165) is 73.8 Å². The van der Waals surface area contributed by atoms with Crippen molar-refractivity contribution in [1.82, 2.24) is 10.6 Å². The van der Waals surface area contributed by atoms with Crippen molar-refractivity contribution in [2.24, 2.45) is 10.9 Å². The van der Waals surface area contributed by atoms with E-state index in [-0.39, 0.29) is 5.82 Å². The monoisotopic (exact) mass is 412 g/mol. The van der Waals surface area contributed by atoms with E-state index >= 15 is 0 Å². The van der Waals surface area contributed by atoms with E-state index in [1.807, 2.05) is 12.1 Å². The van der Waals surface area contributed by atoms with Crippen LogP contribution in [0.2, 0.25) is 0 Å². The zero-order valence-corrected chi connectivity index (χ0v) is 19.0. The van der Waals surface area contributed by atoms with E-state index in [1.165, 1.54) is 17.7 Å². The molecule has 0 saturated carbocycles. The van der Waals surface area contributed by atoms with Crippen LogP contribution in [0, 0.1) is 11.7 Å². The van der Waals surface area contributed by atoms with Gasteiger partial charge in [0, 0.05) is 48.7 Å². The van der Waals surface area contributed by atoms with Gasteiger partial charge in [0.15, 0.2) is 0 Å². The lowest BCUT2D eigenvalue weighted by Gasteiger charge is -2.21. The van der Waals surface area contributed by atoms with E-state index in [1.54, 1.807) is 0 Å². The molecule has 1 fully saturated rings. The van der Waals surface area contributed by atoms with Crippen molar-refractivity contribution in [2.45, 2.75) is 47.0 Å². The topological polar surface area (TPSA) is 39.7 Å². The van der Waals surface area contributed by atoms with E-state index in [0.29, 0.717) is 5.92 Å². The molecule has 0 radical (unpaired) electrons. The molecule has 1 aliphatic heterocycles. The molecule has 1 saturated heterocycles. The van der Waals surface area contributed by atoms with Crippen LogP contribution < -0.4 is 15.5 Å². The van der Waals surface area contributed by atoms with Gasteiger partial charge in [0.1, 0.15) is 11.6 Å². The SMILES string of the molecule is C=N/C(NCCCC)=C(\C)C(C(=C)NCC1CCN(c2ccc(F)cc2)C1)=C(C)C. The first-order valence-electron chi connectivity index (χ1n) is 10.9. The standard InChI is InChI=1S/C25H37FN4/c1-7-8-14-28-25(27-6)19(4)24(18(2)3)20(5)29-16-21-13-15-30(17-21)23-11-9-22(26)10-12-23/h9-12,21,28-29H,5-8,13-17H2,1-4H3/b25-19-. The Morgan fingerprint density at radius 1 is 1.20 bits per heavy atom. The summed E-state index contributed by atoms with van der Waals surface area (Å²) >= 11 is 0. The molecular formula is C25H37FN4. The van der Waals surface area contributed by atoms with Gasteiger partial charge in [-0.2, -0.15) is 0 Å². The first-order valence-corrected chi connectivity index (χ1v) is 10.9. The number of allylic oxidation sites excluding steroid dienone is 2. The highest BCUT2D eigenvalue weighted by Gasteiger charge is 2.23.